The van der Waals surface area contributed by atoms with Gasteiger partial charge in [0, 0.05) is 145 Å². The number of carboxylic acid groups (broad SMARTS) is 2. The summed E-state index contributed by atoms with van der Waals surface area (Å²) in [6.45, 7) is 18.3. The number of carbonyl (C=O) groups is 8. The third kappa shape index (κ3) is 33.7. The van der Waals surface area contributed by atoms with Crippen molar-refractivity contribution >= 4 is 82.0 Å². The quantitative estimate of drug-likeness (QED) is 0.0205. The zero-order valence-electron chi connectivity index (χ0n) is 61.3. The first-order valence-corrected chi connectivity index (χ1v) is 38.0. The van der Waals surface area contributed by atoms with Crippen LogP contribution in [-0.2, 0) is 66.8 Å². The number of halogens is 3. The minimum absolute atomic E-state index is 0.00208. The number of ketones is 3. The Balaban J connectivity index is 0.000000224. The number of carboxylic acids is 2. The largest absolute Gasteiger partial charge is 0.481 e. The highest BCUT2D eigenvalue weighted by atomic mass is 35.5. The van der Waals surface area contributed by atoms with Crippen LogP contribution in [-0.4, -0.2) is 244 Å². The molecule has 107 heavy (non-hydrogen) atoms. The molecule has 3 atom stereocenters. The van der Waals surface area contributed by atoms with E-state index in [0.29, 0.717) is 39.6 Å². The smallest absolute Gasteiger partial charge is 0.306 e. The van der Waals surface area contributed by atoms with Gasteiger partial charge >= 0.3 is 29.8 Å². The van der Waals surface area contributed by atoms with Gasteiger partial charge in [0.05, 0.1) is 89.9 Å². The minimum Gasteiger partial charge on any atom is -0.481 e. The van der Waals surface area contributed by atoms with Gasteiger partial charge in [0.1, 0.15) is 37.2 Å². The molecule has 3 aliphatic heterocycles. The molecule has 3 fully saturated rings. The maximum absolute atomic E-state index is 11.8. The first-order chi connectivity index (χ1) is 51.9. The number of hydrogen-bond donors (Lipinski definition) is 2. The van der Waals surface area contributed by atoms with Crippen molar-refractivity contribution in [2.45, 2.75) is 89.3 Å². The van der Waals surface area contributed by atoms with Crippen LogP contribution in [0.1, 0.15) is 123 Å². The van der Waals surface area contributed by atoms with E-state index in [1.165, 1.54) is 40.3 Å². The maximum atomic E-state index is 11.8. The lowest BCUT2D eigenvalue weighted by atomic mass is 9.96. The second-order valence-electron chi connectivity index (χ2n) is 26.3. The Bertz CT molecular complexity index is 3440. The molecule has 0 spiro atoms. The average molecular weight is 1540 g/mol. The van der Waals surface area contributed by atoms with Gasteiger partial charge in [-0.1, -0.05) is 162 Å². The number of piperazine rings is 3. The fourth-order valence-corrected chi connectivity index (χ4v) is 13.0. The lowest BCUT2D eigenvalue weighted by Crippen LogP contribution is -2.48. The number of carbonyl (C=O) groups excluding carboxylic acids is 6. The van der Waals surface area contributed by atoms with E-state index in [0.717, 1.165) is 113 Å². The van der Waals surface area contributed by atoms with Crippen molar-refractivity contribution in [1.29, 1.82) is 0 Å². The highest BCUT2D eigenvalue weighted by Crippen LogP contribution is 2.34. The van der Waals surface area contributed by atoms with Crippen molar-refractivity contribution in [3.05, 3.63) is 212 Å². The van der Waals surface area contributed by atoms with Gasteiger partial charge < -0.3 is 43.4 Å². The number of ether oxygens (including phenoxy) is 6. The van der Waals surface area contributed by atoms with Crippen molar-refractivity contribution in [2.24, 2.45) is 0 Å². The molecule has 578 valence electrons. The van der Waals surface area contributed by atoms with Crippen LogP contribution < -0.4 is 0 Å². The predicted octanol–water partition coefficient (Wildman–Crippen LogP) is 11.6. The first-order valence-electron chi connectivity index (χ1n) is 36.8. The molecule has 6 aromatic carbocycles. The topological polar surface area (TPSA) is 252 Å². The molecule has 3 aliphatic rings. The summed E-state index contributed by atoms with van der Waals surface area (Å²) in [5.74, 6) is -3.79. The summed E-state index contributed by atoms with van der Waals surface area (Å²) in [5, 5.41) is 19.3. The SMILES string of the molecule is CC(=O)CCC(=O)CCC(=O)OCCOCCN1CCN(C(c2ccccc2)c2ccc(Cl)cc2)CC1.O=C(O)CCC(=O)CCC(=O)OCCOCCN1CCN(C(c2ccccc2)c2ccc(Cl)cc2)CC1.O=C(O)CCC(=O)OCCOCCN1CCN(C(c2ccccc2)c2ccc(Cl)cc2)CC1. The second-order valence-corrected chi connectivity index (χ2v) is 27.6. The fraction of sp³-hybridized carbons (Fsp3) is 0.463. The maximum Gasteiger partial charge on any atom is 0.306 e. The Kier molecular flexibility index (Phi) is 39.8. The predicted molar refractivity (Wildman–Crippen MR) is 411 cm³/mol. The molecule has 6 aromatic rings. The lowest BCUT2D eigenvalue weighted by molar-refractivity contribution is -0.148. The van der Waals surface area contributed by atoms with Gasteiger partial charge in [0.2, 0.25) is 0 Å². The van der Waals surface area contributed by atoms with Gasteiger partial charge in [-0.15, -0.1) is 0 Å². The molecule has 3 heterocycles. The van der Waals surface area contributed by atoms with Gasteiger partial charge in [-0.05, 0) is 76.7 Å². The van der Waals surface area contributed by atoms with Crippen LogP contribution in [0.15, 0.2) is 164 Å². The summed E-state index contributed by atoms with van der Waals surface area (Å²) in [4.78, 5) is 104. The number of rotatable bonds is 42. The average Bonchev–Trinajstić information content (AvgIpc) is 0.825. The van der Waals surface area contributed by atoms with Crippen molar-refractivity contribution in [2.75, 3.05) is 158 Å². The number of aliphatic carboxylic acids is 2. The Hall–Kier alpha value is -7.81. The van der Waals surface area contributed by atoms with E-state index in [4.69, 9.17) is 73.4 Å². The van der Waals surface area contributed by atoms with Crippen LogP contribution in [0.4, 0.5) is 0 Å². The van der Waals surface area contributed by atoms with Crippen LogP contribution >= 0.6 is 34.8 Å². The summed E-state index contributed by atoms with van der Waals surface area (Å²) < 4.78 is 32.0. The number of esters is 3. The Labute approximate surface area is 644 Å². The number of Topliss-reactive ketones (excluding diaryl/α,β-unsaturated/α-hetero) is 3. The lowest BCUT2D eigenvalue weighted by Gasteiger charge is -2.39. The van der Waals surface area contributed by atoms with E-state index in [9.17, 15) is 38.4 Å². The van der Waals surface area contributed by atoms with Gasteiger partial charge in [-0.2, -0.15) is 0 Å². The zero-order valence-corrected chi connectivity index (χ0v) is 63.6. The van der Waals surface area contributed by atoms with Crippen molar-refractivity contribution < 1.29 is 77.0 Å². The van der Waals surface area contributed by atoms with Crippen molar-refractivity contribution in [1.82, 2.24) is 29.4 Å². The number of nitrogens with zero attached hydrogens (tertiary/aromatic N) is 6. The van der Waals surface area contributed by atoms with Gasteiger partial charge in [0.15, 0.2) is 0 Å². The van der Waals surface area contributed by atoms with E-state index in [1.54, 1.807) is 0 Å². The molecule has 0 saturated carbocycles. The summed E-state index contributed by atoms with van der Waals surface area (Å²) >= 11 is 18.4. The Morgan fingerprint density at radius 3 is 0.822 bits per heavy atom. The van der Waals surface area contributed by atoms with Crippen LogP contribution in [0.3, 0.4) is 0 Å². The zero-order chi connectivity index (χ0) is 76.4. The van der Waals surface area contributed by atoms with Gasteiger partial charge in [-0.25, -0.2) is 0 Å². The summed E-state index contributed by atoms with van der Waals surface area (Å²) in [7, 11) is 0. The van der Waals surface area contributed by atoms with Crippen LogP contribution in [0, 0.1) is 0 Å². The minimum atomic E-state index is -1.02. The molecule has 0 bridgehead atoms. The summed E-state index contributed by atoms with van der Waals surface area (Å²) in [6.07, 6.45) is -0.0656. The van der Waals surface area contributed by atoms with E-state index in [-0.39, 0.29) is 120 Å². The van der Waals surface area contributed by atoms with Gasteiger partial charge in [0.25, 0.3) is 0 Å². The third-order valence-corrected chi connectivity index (χ3v) is 19.2. The Morgan fingerprint density at radius 2 is 0.551 bits per heavy atom. The molecule has 0 aromatic heterocycles. The van der Waals surface area contributed by atoms with Crippen LogP contribution in [0.2, 0.25) is 15.1 Å². The van der Waals surface area contributed by atoms with Crippen LogP contribution in [0.5, 0.6) is 0 Å². The molecule has 0 radical (unpaired) electrons. The number of benzene rings is 6. The van der Waals surface area contributed by atoms with E-state index in [2.05, 4.69) is 139 Å². The third-order valence-electron chi connectivity index (χ3n) is 18.5. The molecular formula is C82H103Cl3N6O16. The van der Waals surface area contributed by atoms with E-state index in [1.807, 2.05) is 54.6 Å². The van der Waals surface area contributed by atoms with E-state index < -0.39 is 29.8 Å². The van der Waals surface area contributed by atoms with Gasteiger partial charge in [-0.3, -0.25) is 63.0 Å². The summed E-state index contributed by atoms with van der Waals surface area (Å²) in [5.41, 5.74) is 7.51. The van der Waals surface area contributed by atoms with Crippen molar-refractivity contribution in [3.63, 3.8) is 0 Å². The molecule has 9 rings (SSSR count). The first kappa shape index (κ1) is 86.4. The second kappa shape index (κ2) is 49.3. The molecule has 0 amide bonds. The highest BCUT2D eigenvalue weighted by Gasteiger charge is 2.30. The standard InChI is InChI=1S/C29H37ClN2O5.C28H35ClN2O6.C25H31ClN2O5/c1-23(33)7-12-27(34)13-14-28(35)37-22-21-36-20-19-31-15-17-32(18-16-31)29(24-5-3-2-4-6-24)25-8-10-26(30)11-9-25;29-24-8-6-23(7-9-24)28(22-4-2-1-3-5-22)31-16-14-30(15-17-31)18-19-36-20-21-37-27(35)13-11-25(32)10-12-26(33)34;26-22-8-6-21(7-9-22)25(20-4-2-1-3-5-20)28-14-12-27(13-15-28)16-17-32-18-19-33-24(31)11-10-23(29)30/h2-6,8-11,29H,7,12-22H2,1H3;1-9,28H,10-21H2,(H,33,34);1-9,25H,10-19H2,(H,29,30). The molecule has 2 N–H and O–H groups in total. The molecule has 25 heteroatoms. The Morgan fingerprint density at radius 1 is 0.308 bits per heavy atom. The molecule has 3 unspecified atom stereocenters. The normalized spacial score (nSPS) is 15.4. The monoisotopic (exact) mass is 1530 g/mol. The summed E-state index contributed by atoms with van der Waals surface area (Å²) in [6, 6.07) is 56.5. The highest BCUT2D eigenvalue weighted by molar-refractivity contribution is 6.31. The fourth-order valence-electron chi connectivity index (χ4n) is 12.7. The number of hydrogen-bond acceptors (Lipinski definition) is 20. The van der Waals surface area contributed by atoms with E-state index >= 15 is 0 Å². The molecule has 22 nitrogen and oxygen atoms in total. The molecular weight excluding hydrogens is 1430 g/mol. The van der Waals surface area contributed by atoms with Crippen LogP contribution in [0.25, 0.3) is 0 Å². The van der Waals surface area contributed by atoms with Crippen molar-refractivity contribution in [3.8, 4) is 0 Å². The molecule has 3 saturated heterocycles. The molecule has 0 aliphatic carbocycles.